The Labute approximate surface area is 261 Å². The molecule has 0 aliphatic carbocycles. The first kappa shape index (κ1) is 32.5. The molecule has 0 aromatic heterocycles. The van der Waals surface area contributed by atoms with Crippen LogP contribution in [0.4, 0.5) is 5.69 Å². The summed E-state index contributed by atoms with van der Waals surface area (Å²) in [6.07, 6.45) is 0.270. The highest BCUT2D eigenvalue weighted by Gasteiger charge is 2.35. The zero-order chi connectivity index (χ0) is 31.9. The molecule has 1 atom stereocenters. The third-order valence-corrected chi connectivity index (χ3v) is 9.18. The Morgan fingerprint density at radius 2 is 1.32 bits per heavy atom. The number of anilines is 1. The molecule has 0 radical (unpaired) electrons. The van der Waals surface area contributed by atoms with Gasteiger partial charge in [0.2, 0.25) is 11.8 Å². The Kier molecular flexibility index (Phi) is 10.6. The van der Waals surface area contributed by atoms with Crippen molar-refractivity contribution in [1.29, 1.82) is 0 Å². The number of carbonyl (C=O) groups is 2. The van der Waals surface area contributed by atoms with E-state index in [9.17, 15) is 18.0 Å². The minimum Gasteiger partial charge on any atom is -0.352 e. The molecule has 0 aliphatic rings. The molecule has 7 nitrogen and oxygen atoms in total. The zero-order valence-electron chi connectivity index (χ0n) is 26.0. The fourth-order valence-electron chi connectivity index (χ4n) is 5.15. The number of hydrogen-bond acceptors (Lipinski definition) is 4. The predicted molar refractivity (Wildman–Crippen MR) is 176 cm³/mol. The van der Waals surface area contributed by atoms with Crippen molar-refractivity contribution in [2.24, 2.45) is 0 Å². The van der Waals surface area contributed by atoms with Crippen molar-refractivity contribution in [2.45, 2.75) is 64.6 Å². The van der Waals surface area contributed by atoms with Gasteiger partial charge >= 0.3 is 0 Å². The van der Waals surface area contributed by atoms with Crippen LogP contribution < -0.4 is 9.62 Å². The van der Waals surface area contributed by atoms with Gasteiger partial charge in [-0.25, -0.2) is 8.42 Å². The van der Waals surface area contributed by atoms with Crippen molar-refractivity contribution < 1.29 is 18.0 Å². The van der Waals surface area contributed by atoms with Crippen LogP contribution in [0.15, 0.2) is 108 Å². The van der Waals surface area contributed by atoms with Gasteiger partial charge in [0.05, 0.1) is 10.6 Å². The van der Waals surface area contributed by atoms with E-state index in [-0.39, 0.29) is 29.8 Å². The molecular weight excluding hydrogens is 570 g/mol. The lowest BCUT2D eigenvalue weighted by Crippen LogP contribution is -2.54. The summed E-state index contributed by atoms with van der Waals surface area (Å²) in [5, 5.41) is 2.98. The Morgan fingerprint density at radius 3 is 1.89 bits per heavy atom. The third-order valence-electron chi connectivity index (χ3n) is 7.41. The van der Waals surface area contributed by atoms with Gasteiger partial charge in [0.15, 0.2) is 0 Å². The molecule has 2 amide bonds. The molecule has 0 heterocycles. The summed E-state index contributed by atoms with van der Waals surface area (Å²) in [6, 6.07) is 30.0. The normalized spacial score (nSPS) is 12.0. The Balaban J connectivity index is 1.81. The summed E-state index contributed by atoms with van der Waals surface area (Å²) in [4.78, 5) is 29.9. The van der Waals surface area contributed by atoms with Gasteiger partial charge in [-0.3, -0.25) is 13.9 Å². The van der Waals surface area contributed by atoms with Crippen LogP contribution in [0.1, 0.15) is 41.7 Å². The number of aryl methyl sites for hydroxylation is 3. The fourth-order valence-corrected chi connectivity index (χ4v) is 6.63. The molecule has 0 bridgehead atoms. The molecule has 44 heavy (non-hydrogen) atoms. The van der Waals surface area contributed by atoms with Gasteiger partial charge < -0.3 is 10.2 Å². The molecule has 0 spiro atoms. The van der Waals surface area contributed by atoms with E-state index in [0.717, 1.165) is 27.8 Å². The highest BCUT2D eigenvalue weighted by molar-refractivity contribution is 7.92. The second-order valence-electron chi connectivity index (χ2n) is 11.5. The van der Waals surface area contributed by atoms with Crippen LogP contribution >= 0.6 is 0 Å². The van der Waals surface area contributed by atoms with E-state index in [1.165, 1.54) is 9.21 Å². The van der Waals surface area contributed by atoms with Gasteiger partial charge in [-0.1, -0.05) is 96.1 Å². The van der Waals surface area contributed by atoms with E-state index in [4.69, 9.17) is 0 Å². The molecule has 0 saturated heterocycles. The van der Waals surface area contributed by atoms with E-state index in [2.05, 4.69) is 5.32 Å². The molecule has 4 aromatic rings. The van der Waals surface area contributed by atoms with Crippen LogP contribution in [0.25, 0.3) is 0 Å². The van der Waals surface area contributed by atoms with Gasteiger partial charge in [-0.15, -0.1) is 0 Å². The summed E-state index contributed by atoms with van der Waals surface area (Å²) >= 11 is 0. The molecule has 1 N–H and O–H groups in total. The van der Waals surface area contributed by atoms with E-state index < -0.39 is 28.5 Å². The van der Waals surface area contributed by atoms with Crippen LogP contribution in [-0.2, 0) is 32.6 Å². The number of amides is 2. The van der Waals surface area contributed by atoms with Crippen LogP contribution in [0, 0.1) is 20.8 Å². The first-order valence-electron chi connectivity index (χ1n) is 14.8. The topological polar surface area (TPSA) is 86.8 Å². The minimum absolute atomic E-state index is 0.0869. The van der Waals surface area contributed by atoms with Gasteiger partial charge in [0.1, 0.15) is 12.6 Å². The molecule has 0 saturated carbocycles. The van der Waals surface area contributed by atoms with Crippen molar-refractivity contribution in [3.63, 3.8) is 0 Å². The average molecular weight is 612 g/mol. The summed E-state index contributed by atoms with van der Waals surface area (Å²) in [5.41, 5.74) is 4.75. The Hall–Kier alpha value is -4.43. The maximum atomic E-state index is 14.5. The van der Waals surface area contributed by atoms with E-state index in [1.54, 1.807) is 30.3 Å². The van der Waals surface area contributed by atoms with Crippen molar-refractivity contribution >= 4 is 27.5 Å². The summed E-state index contributed by atoms with van der Waals surface area (Å²) in [6.45, 7) is 9.05. The smallest absolute Gasteiger partial charge is 0.264 e. The lowest BCUT2D eigenvalue weighted by molar-refractivity contribution is -0.140. The van der Waals surface area contributed by atoms with Crippen molar-refractivity contribution in [2.75, 3.05) is 10.8 Å². The molecule has 8 heteroatoms. The summed E-state index contributed by atoms with van der Waals surface area (Å²) < 4.78 is 29.6. The molecular formula is C36H41N3O4S. The van der Waals surface area contributed by atoms with E-state index in [1.807, 2.05) is 107 Å². The van der Waals surface area contributed by atoms with Crippen LogP contribution in [-0.4, -0.2) is 43.8 Å². The fraction of sp³-hybridized carbons (Fsp3) is 0.278. The molecule has 4 rings (SSSR count). The highest BCUT2D eigenvalue weighted by Crippen LogP contribution is 2.28. The largest absolute Gasteiger partial charge is 0.352 e. The Morgan fingerprint density at radius 1 is 0.750 bits per heavy atom. The first-order valence-corrected chi connectivity index (χ1v) is 16.2. The van der Waals surface area contributed by atoms with Gasteiger partial charge in [-0.05, 0) is 69.5 Å². The molecule has 0 aliphatic heterocycles. The summed E-state index contributed by atoms with van der Waals surface area (Å²) in [7, 11) is -4.15. The SMILES string of the molecule is Cc1ccc(S(=O)(=O)N(CC(=O)N(Cc2ccccc2)[C@@H](Cc2ccccc2)C(=O)NC(C)C)c2ccc(C)cc2C)cc1. The number of benzene rings is 4. The number of sulfonamides is 1. The zero-order valence-corrected chi connectivity index (χ0v) is 26.8. The first-order chi connectivity index (χ1) is 21.0. The molecule has 230 valence electrons. The summed E-state index contributed by atoms with van der Waals surface area (Å²) in [5.74, 6) is -0.781. The number of nitrogens with one attached hydrogen (secondary N) is 1. The number of nitrogens with zero attached hydrogens (tertiary/aromatic N) is 2. The van der Waals surface area contributed by atoms with E-state index in [0.29, 0.717) is 5.69 Å². The maximum Gasteiger partial charge on any atom is 0.264 e. The molecule has 0 unspecified atom stereocenters. The van der Waals surface area contributed by atoms with Crippen molar-refractivity contribution in [3.05, 3.63) is 131 Å². The minimum atomic E-state index is -4.15. The molecule has 0 fully saturated rings. The lowest BCUT2D eigenvalue weighted by Gasteiger charge is -2.34. The van der Waals surface area contributed by atoms with Gasteiger partial charge in [0, 0.05) is 19.0 Å². The second-order valence-corrected chi connectivity index (χ2v) is 13.4. The van der Waals surface area contributed by atoms with Crippen molar-refractivity contribution in [3.8, 4) is 0 Å². The van der Waals surface area contributed by atoms with Crippen molar-refractivity contribution in [1.82, 2.24) is 10.2 Å². The third kappa shape index (κ3) is 8.14. The highest BCUT2D eigenvalue weighted by atomic mass is 32.2. The molecule has 4 aromatic carbocycles. The van der Waals surface area contributed by atoms with Gasteiger partial charge in [-0.2, -0.15) is 0 Å². The standard InChI is InChI=1S/C36H41N3O4S/c1-26(2)37-36(41)34(23-30-12-8-6-9-13-30)38(24-31-14-10-7-11-15-31)35(40)25-39(33-21-18-28(4)22-29(33)5)44(42,43)32-19-16-27(3)17-20-32/h6-22,26,34H,23-25H2,1-5H3,(H,37,41)/t34-/m0/s1. The van der Waals surface area contributed by atoms with Crippen LogP contribution in [0.3, 0.4) is 0 Å². The maximum absolute atomic E-state index is 14.5. The van der Waals surface area contributed by atoms with E-state index >= 15 is 0 Å². The van der Waals surface area contributed by atoms with Gasteiger partial charge in [0.25, 0.3) is 10.0 Å². The van der Waals surface area contributed by atoms with Crippen LogP contribution in [0.5, 0.6) is 0 Å². The predicted octanol–water partition coefficient (Wildman–Crippen LogP) is 5.97. The number of hydrogen-bond donors (Lipinski definition) is 1. The Bertz CT molecular complexity index is 1670. The number of rotatable bonds is 12. The quantitative estimate of drug-likeness (QED) is 0.214. The average Bonchev–Trinajstić information content (AvgIpc) is 2.99. The second kappa shape index (κ2) is 14.4. The lowest BCUT2D eigenvalue weighted by atomic mass is 10.0. The number of carbonyl (C=O) groups excluding carboxylic acids is 2. The van der Waals surface area contributed by atoms with Crippen LogP contribution in [0.2, 0.25) is 0 Å². The monoisotopic (exact) mass is 611 g/mol.